The van der Waals surface area contributed by atoms with Crippen LogP contribution in [0, 0.1) is 6.92 Å². The molecule has 0 aromatic carbocycles. The molecule has 2 heterocycles. The number of rotatable bonds is 4. The van der Waals surface area contributed by atoms with Crippen LogP contribution in [0.25, 0.3) is 0 Å². The molecule has 0 saturated heterocycles. The molecule has 1 amide bonds. The van der Waals surface area contributed by atoms with E-state index in [2.05, 4.69) is 10.3 Å². The third-order valence-corrected chi connectivity index (χ3v) is 3.63. The van der Waals surface area contributed by atoms with Crippen molar-refractivity contribution in [2.45, 2.75) is 13.3 Å². The van der Waals surface area contributed by atoms with E-state index in [0.717, 1.165) is 22.5 Å². The van der Waals surface area contributed by atoms with Crippen LogP contribution in [-0.4, -0.2) is 22.0 Å². The van der Waals surface area contributed by atoms with Crippen LogP contribution >= 0.6 is 11.3 Å². The van der Waals surface area contributed by atoms with Gasteiger partial charge >= 0.3 is 5.97 Å². The number of hydrogen-bond donors (Lipinski definition) is 2. The zero-order chi connectivity index (χ0) is 13.8. The number of carbonyl (C=O) groups excluding carboxylic acids is 1. The average molecular weight is 276 g/mol. The van der Waals surface area contributed by atoms with Crippen molar-refractivity contribution in [3.8, 4) is 0 Å². The number of anilines is 1. The highest BCUT2D eigenvalue weighted by Gasteiger charge is 2.17. The van der Waals surface area contributed by atoms with Gasteiger partial charge in [0.2, 0.25) is 5.91 Å². The average Bonchev–Trinajstić information content (AvgIpc) is 2.72. The minimum atomic E-state index is -1.03. The van der Waals surface area contributed by atoms with Crippen molar-refractivity contribution in [3.63, 3.8) is 0 Å². The molecule has 0 bridgehead atoms. The summed E-state index contributed by atoms with van der Waals surface area (Å²) in [7, 11) is 0. The van der Waals surface area contributed by atoms with Crippen LogP contribution in [-0.2, 0) is 11.2 Å². The zero-order valence-electron chi connectivity index (χ0n) is 10.2. The van der Waals surface area contributed by atoms with E-state index in [9.17, 15) is 9.59 Å². The van der Waals surface area contributed by atoms with Crippen molar-refractivity contribution in [1.82, 2.24) is 4.98 Å². The minimum Gasteiger partial charge on any atom is -0.477 e. The maximum atomic E-state index is 11.9. The molecule has 0 fully saturated rings. The highest BCUT2D eigenvalue weighted by atomic mass is 32.1. The molecule has 0 radical (unpaired) electrons. The van der Waals surface area contributed by atoms with Gasteiger partial charge in [0.15, 0.2) is 0 Å². The van der Waals surface area contributed by atoms with E-state index >= 15 is 0 Å². The summed E-state index contributed by atoms with van der Waals surface area (Å²) in [6.45, 7) is 1.77. The molecule has 2 N–H and O–H groups in total. The topological polar surface area (TPSA) is 79.3 Å². The number of amides is 1. The molecule has 2 aromatic rings. The summed E-state index contributed by atoms with van der Waals surface area (Å²) in [5.74, 6) is -1.27. The molecule has 2 rings (SSSR count). The number of hydrogen-bond acceptors (Lipinski definition) is 4. The Morgan fingerprint density at radius 1 is 1.37 bits per heavy atom. The molecule has 0 aliphatic heterocycles. The SMILES string of the molecule is Cc1csc(C(=O)O)c1NC(=O)Cc1ccncc1. The van der Waals surface area contributed by atoms with Gasteiger partial charge in [-0.3, -0.25) is 9.78 Å². The van der Waals surface area contributed by atoms with Crippen LogP contribution in [0.2, 0.25) is 0 Å². The first-order chi connectivity index (χ1) is 9.08. The second kappa shape index (κ2) is 5.62. The fourth-order valence-electron chi connectivity index (χ4n) is 1.63. The Balaban J connectivity index is 2.11. The minimum absolute atomic E-state index is 0.153. The van der Waals surface area contributed by atoms with Gasteiger partial charge in [0.05, 0.1) is 12.1 Å². The molecule has 0 aliphatic rings. The van der Waals surface area contributed by atoms with Gasteiger partial charge in [-0.1, -0.05) is 0 Å². The molecular formula is C13H12N2O3S. The Bertz CT molecular complexity index is 608. The van der Waals surface area contributed by atoms with Gasteiger partial charge in [-0.2, -0.15) is 0 Å². The molecule has 0 saturated carbocycles. The number of thiophene rings is 1. The number of nitrogens with zero attached hydrogens (tertiary/aromatic N) is 1. The van der Waals surface area contributed by atoms with Crippen molar-refractivity contribution in [1.29, 1.82) is 0 Å². The Morgan fingerprint density at radius 2 is 2.05 bits per heavy atom. The lowest BCUT2D eigenvalue weighted by Gasteiger charge is -2.06. The van der Waals surface area contributed by atoms with Crippen LogP contribution in [0.5, 0.6) is 0 Å². The van der Waals surface area contributed by atoms with Crippen LogP contribution in [0.3, 0.4) is 0 Å². The van der Waals surface area contributed by atoms with E-state index in [1.807, 2.05) is 0 Å². The Kier molecular flexibility index (Phi) is 3.91. The normalized spacial score (nSPS) is 10.2. The van der Waals surface area contributed by atoms with Crippen molar-refractivity contribution in [2.24, 2.45) is 0 Å². The molecule has 19 heavy (non-hydrogen) atoms. The van der Waals surface area contributed by atoms with Crippen molar-refractivity contribution in [3.05, 3.63) is 45.9 Å². The van der Waals surface area contributed by atoms with Gasteiger partial charge in [0.25, 0.3) is 0 Å². The highest BCUT2D eigenvalue weighted by molar-refractivity contribution is 7.12. The van der Waals surface area contributed by atoms with E-state index in [4.69, 9.17) is 5.11 Å². The number of carbonyl (C=O) groups is 2. The van der Waals surface area contributed by atoms with Crippen LogP contribution in [0.15, 0.2) is 29.9 Å². The van der Waals surface area contributed by atoms with Gasteiger partial charge < -0.3 is 10.4 Å². The number of aromatic carboxylic acids is 1. The van der Waals surface area contributed by atoms with E-state index in [-0.39, 0.29) is 17.2 Å². The molecule has 0 atom stereocenters. The van der Waals surface area contributed by atoms with E-state index < -0.39 is 5.97 Å². The van der Waals surface area contributed by atoms with E-state index in [1.54, 1.807) is 36.8 Å². The van der Waals surface area contributed by atoms with Gasteiger partial charge in [0.1, 0.15) is 4.88 Å². The summed E-state index contributed by atoms with van der Waals surface area (Å²) >= 11 is 1.11. The maximum absolute atomic E-state index is 11.9. The third-order valence-electron chi connectivity index (χ3n) is 2.55. The number of carboxylic acids is 1. The molecule has 98 valence electrons. The van der Waals surface area contributed by atoms with E-state index in [0.29, 0.717) is 5.69 Å². The number of nitrogens with one attached hydrogen (secondary N) is 1. The van der Waals surface area contributed by atoms with Crippen LogP contribution < -0.4 is 5.32 Å². The lowest BCUT2D eigenvalue weighted by atomic mass is 10.2. The zero-order valence-corrected chi connectivity index (χ0v) is 11.0. The lowest BCUT2D eigenvalue weighted by molar-refractivity contribution is -0.115. The van der Waals surface area contributed by atoms with Gasteiger partial charge in [-0.25, -0.2) is 4.79 Å². The Labute approximate surface area is 113 Å². The standard InChI is InChI=1S/C13H12N2O3S/c1-8-7-19-12(13(17)18)11(8)15-10(16)6-9-2-4-14-5-3-9/h2-5,7H,6H2,1H3,(H,15,16)(H,17,18). The second-order valence-electron chi connectivity index (χ2n) is 4.01. The van der Waals surface area contributed by atoms with Gasteiger partial charge in [0, 0.05) is 12.4 Å². The van der Waals surface area contributed by atoms with Crippen LogP contribution in [0.1, 0.15) is 20.8 Å². The fourth-order valence-corrected chi connectivity index (χ4v) is 2.47. The first kappa shape index (κ1) is 13.2. The first-order valence-electron chi connectivity index (χ1n) is 5.58. The molecule has 5 nitrogen and oxygen atoms in total. The quantitative estimate of drug-likeness (QED) is 0.898. The number of carboxylic acid groups (broad SMARTS) is 1. The van der Waals surface area contributed by atoms with E-state index in [1.165, 1.54) is 0 Å². The number of aryl methyl sites for hydroxylation is 1. The predicted octanol–water partition coefficient (Wildman–Crippen LogP) is 2.33. The number of pyridine rings is 1. The fraction of sp³-hybridized carbons (Fsp3) is 0.154. The Morgan fingerprint density at radius 3 is 2.68 bits per heavy atom. The molecule has 0 unspecified atom stereocenters. The van der Waals surface area contributed by atoms with Gasteiger partial charge in [-0.15, -0.1) is 11.3 Å². The summed E-state index contributed by atoms with van der Waals surface area (Å²) in [6.07, 6.45) is 3.42. The number of aromatic nitrogens is 1. The van der Waals surface area contributed by atoms with Gasteiger partial charge in [-0.05, 0) is 35.6 Å². The summed E-state index contributed by atoms with van der Waals surface area (Å²) in [5.41, 5.74) is 1.97. The van der Waals surface area contributed by atoms with Crippen molar-refractivity contribution < 1.29 is 14.7 Å². The van der Waals surface area contributed by atoms with Crippen molar-refractivity contribution in [2.75, 3.05) is 5.32 Å². The largest absolute Gasteiger partial charge is 0.477 e. The third kappa shape index (κ3) is 3.17. The maximum Gasteiger partial charge on any atom is 0.348 e. The summed E-state index contributed by atoms with van der Waals surface area (Å²) in [4.78, 5) is 26.9. The molecular weight excluding hydrogens is 264 g/mol. The molecule has 0 spiro atoms. The second-order valence-corrected chi connectivity index (χ2v) is 4.89. The van der Waals surface area contributed by atoms with Crippen LogP contribution in [0.4, 0.5) is 5.69 Å². The molecule has 2 aromatic heterocycles. The molecule has 0 aliphatic carbocycles. The summed E-state index contributed by atoms with van der Waals surface area (Å²) < 4.78 is 0. The predicted molar refractivity (Wildman–Crippen MR) is 72.6 cm³/mol. The summed E-state index contributed by atoms with van der Waals surface area (Å²) in [6, 6.07) is 3.50. The smallest absolute Gasteiger partial charge is 0.348 e. The lowest BCUT2D eigenvalue weighted by Crippen LogP contribution is -2.16. The highest BCUT2D eigenvalue weighted by Crippen LogP contribution is 2.27. The first-order valence-corrected chi connectivity index (χ1v) is 6.46. The molecule has 6 heteroatoms. The summed E-state index contributed by atoms with van der Waals surface area (Å²) in [5, 5.41) is 13.4. The Hall–Kier alpha value is -2.21. The van der Waals surface area contributed by atoms with Crippen molar-refractivity contribution >= 4 is 28.9 Å². The monoisotopic (exact) mass is 276 g/mol.